The highest BCUT2D eigenvalue weighted by molar-refractivity contribution is 7.09. The average molecular weight is 694 g/mol. The van der Waals surface area contributed by atoms with Crippen molar-refractivity contribution in [2.24, 2.45) is 23.7 Å². The molecule has 274 valence electrons. The zero-order chi connectivity index (χ0) is 36.1. The first-order valence-electron chi connectivity index (χ1n) is 17.6. The third-order valence-electron chi connectivity index (χ3n) is 10.00. The molecule has 0 aromatic carbocycles. The molecule has 0 saturated carbocycles. The number of carbonyl (C=O) groups excluding carboxylic acids is 4. The number of amides is 4. The summed E-state index contributed by atoms with van der Waals surface area (Å²) in [5.74, 6) is -1.15. The average Bonchev–Trinajstić information content (AvgIpc) is 3.76. The lowest BCUT2D eigenvalue weighted by Crippen LogP contribution is -2.59. The van der Waals surface area contributed by atoms with Gasteiger partial charge in [-0.1, -0.05) is 61.0 Å². The largest absolute Gasteiger partial charge is 0.379 e. The zero-order valence-electron chi connectivity index (χ0n) is 31.2. The topological polar surface area (TPSA) is 129 Å². The molecule has 0 aliphatic carbocycles. The minimum atomic E-state index is -0.736. The Hall–Kier alpha value is -2.54. The highest BCUT2D eigenvalue weighted by Gasteiger charge is 2.43. The second-order valence-electron chi connectivity index (χ2n) is 14.0. The molecule has 4 amide bonds. The molecule has 1 aromatic heterocycles. The van der Waals surface area contributed by atoms with Crippen LogP contribution in [0, 0.1) is 23.7 Å². The van der Waals surface area contributed by atoms with Crippen LogP contribution in [0.5, 0.6) is 0 Å². The van der Waals surface area contributed by atoms with Gasteiger partial charge in [-0.15, -0.1) is 11.3 Å². The first kappa shape index (κ1) is 41.6. The van der Waals surface area contributed by atoms with Crippen LogP contribution in [-0.4, -0.2) is 111 Å². The standard InChI is InChI=1S/C36H63N5O6S/c1-12-24(6)32(40(9)36(45)31(23(4)5)39-35(44)30(37-8)22(2)3)28(46-10)21-29(42)41-19-13-16-27(41)33(47-11)25(7)34(43)38-18-17-26-15-14-20-48-26/h14-15,20,22-25,27-28,30-33,37H,12-13,16-19,21H2,1-11H3,(H,38,43)(H,39,44)/t24-,25+,27?,28+,30-,31-,32?,33+/m0/s1. The first-order chi connectivity index (χ1) is 22.7. The molecule has 1 fully saturated rings. The third kappa shape index (κ3) is 11.0. The summed E-state index contributed by atoms with van der Waals surface area (Å²) in [5, 5.41) is 11.1. The second kappa shape index (κ2) is 20.2. The fraction of sp³-hybridized carbons (Fsp3) is 0.778. The van der Waals surface area contributed by atoms with Crippen LogP contribution in [0.1, 0.15) is 79.0 Å². The molecule has 48 heavy (non-hydrogen) atoms. The van der Waals surface area contributed by atoms with Crippen LogP contribution in [0.15, 0.2) is 17.5 Å². The molecule has 1 saturated heterocycles. The van der Waals surface area contributed by atoms with Crippen molar-refractivity contribution in [3.8, 4) is 0 Å². The molecule has 2 heterocycles. The van der Waals surface area contributed by atoms with Gasteiger partial charge >= 0.3 is 0 Å². The lowest BCUT2D eigenvalue weighted by Gasteiger charge is -2.41. The summed E-state index contributed by atoms with van der Waals surface area (Å²) >= 11 is 1.67. The van der Waals surface area contributed by atoms with Crippen LogP contribution in [0.4, 0.5) is 0 Å². The number of rotatable bonds is 20. The van der Waals surface area contributed by atoms with Crippen molar-refractivity contribution >= 4 is 35.0 Å². The van der Waals surface area contributed by atoms with E-state index in [0.29, 0.717) is 13.1 Å². The molecule has 3 N–H and O–H groups in total. The van der Waals surface area contributed by atoms with Gasteiger partial charge in [-0.25, -0.2) is 0 Å². The van der Waals surface area contributed by atoms with Gasteiger partial charge in [0.05, 0.1) is 42.7 Å². The maximum Gasteiger partial charge on any atom is 0.245 e. The van der Waals surface area contributed by atoms with Crippen molar-refractivity contribution in [2.75, 3.05) is 41.4 Å². The van der Waals surface area contributed by atoms with E-state index in [1.54, 1.807) is 44.6 Å². The Morgan fingerprint density at radius 3 is 2.21 bits per heavy atom. The summed E-state index contributed by atoms with van der Waals surface area (Å²) < 4.78 is 11.9. The SMILES string of the molecule is CC[C@H](C)C([C@@H](CC(=O)N1CCCC1[C@H](OC)[C@@H](C)C(=O)NCCc1cccs1)OC)N(C)C(=O)[C@@H](NC(=O)[C@@H](NC)C(C)C)C(C)C. The van der Waals surface area contributed by atoms with Crippen LogP contribution >= 0.6 is 11.3 Å². The molecule has 2 unspecified atom stereocenters. The molecule has 12 heteroatoms. The number of likely N-dealkylation sites (tertiary alicyclic amines) is 1. The van der Waals surface area contributed by atoms with E-state index in [4.69, 9.17) is 9.47 Å². The van der Waals surface area contributed by atoms with E-state index in [2.05, 4.69) is 35.9 Å². The zero-order valence-corrected chi connectivity index (χ0v) is 32.0. The Morgan fingerprint density at radius 1 is 1.02 bits per heavy atom. The Kier molecular flexibility index (Phi) is 17.5. The van der Waals surface area contributed by atoms with Crippen molar-refractivity contribution in [3.63, 3.8) is 0 Å². The van der Waals surface area contributed by atoms with Crippen LogP contribution < -0.4 is 16.0 Å². The molecule has 0 spiro atoms. The number of nitrogens with zero attached hydrogens (tertiary/aromatic N) is 2. The molecular formula is C36H63N5O6S. The highest BCUT2D eigenvalue weighted by Crippen LogP contribution is 2.29. The number of likely N-dealkylation sites (N-methyl/N-ethyl adjacent to an activating group) is 2. The van der Waals surface area contributed by atoms with Crippen molar-refractivity contribution in [3.05, 3.63) is 22.4 Å². The van der Waals surface area contributed by atoms with Gasteiger partial charge in [0.15, 0.2) is 0 Å². The third-order valence-corrected chi connectivity index (χ3v) is 10.9. The molecule has 1 aliphatic rings. The Balaban J connectivity index is 2.20. The summed E-state index contributed by atoms with van der Waals surface area (Å²) in [6.07, 6.45) is 2.12. The van der Waals surface area contributed by atoms with Gasteiger partial charge in [0.25, 0.3) is 0 Å². The lowest BCUT2D eigenvalue weighted by atomic mass is 9.89. The first-order valence-corrected chi connectivity index (χ1v) is 18.5. The van der Waals surface area contributed by atoms with Crippen molar-refractivity contribution in [1.82, 2.24) is 25.8 Å². The number of ether oxygens (including phenoxy) is 2. The monoisotopic (exact) mass is 693 g/mol. The fourth-order valence-corrected chi connectivity index (χ4v) is 7.68. The minimum Gasteiger partial charge on any atom is -0.379 e. The van der Waals surface area contributed by atoms with Gasteiger partial charge in [-0.3, -0.25) is 19.2 Å². The molecule has 8 atom stereocenters. The summed E-state index contributed by atoms with van der Waals surface area (Å²) in [5.41, 5.74) is 0. The van der Waals surface area contributed by atoms with Crippen molar-refractivity contribution in [2.45, 2.75) is 117 Å². The van der Waals surface area contributed by atoms with Crippen LogP contribution in [0.25, 0.3) is 0 Å². The number of hydrogen-bond donors (Lipinski definition) is 3. The van der Waals surface area contributed by atoms with Crippen LogP contribution in [0.3, 0.4) is 0 Å². The normalized spacial score (nSPS) is 19.4. The predicted octanol–water partition coefficient (Wildman–Crippen LogP) is 3.71. The molecule has 1 aliphatic heterocycles. The minimum absolute atomic E-state index is 0.0138. The fourth-order valence-electron chi connectivity index (χ4n) is 6.97. The lowest BCUT2D eigenvalue weighted by molar-refractivity contribution is -0.147. The maximum absolute atomic E-state index is 14.1. The maximum atomic E-state index is 14.1. The van der Waals surface area contributed by atoms with E-state index in [0.717, 1.165) is 25.7 Å². The van der Waals surface area contributed by atoms with E-state index >= 15 is 0 Å². The van der Waals surface area contributed by atoms with E-state index in [1.165, 1.54) is 4.88 Å². The summed E-state index contributed by atoms with van der Waals surface area (Å²) in [6, 6.07) is 2.24. The second-order valence-corrected chi connectivity index (χ2v) is 15.0. The van der Waals surface area contributed by atoms with Crippen LogP contribution in [0.2, 0.25) is 0 Å². The molecule has 0 bridgehead atoms. The van der Waals surface area contributed by atoms with Gasteiger partial charge < -0.3 is 35.2 Å². The molecule has 0 radical (unpaired) electrons. The Morgan fingerprint density at radius 2 is 1.69 bits per heavy atom. The van der Waals surface area contributed by atoms with E-state index < -0.39 is 36.3 Å². The molecule has 11 nitrogen and oxygen atoms in total. The Bertz CT molecular complexity index is 1150. The highest BCUT2D eigenvalue weighted by atomic mass is 32.1. The molecular weight excluding hydrogens is 630 g/mol. The number of methoxy groups -OCH3 is 2. The smallest absolute Gasteiger partial charge is 0.245 e. The number of thiophene rings is 1. The number of hydrogen-bond acceptors (Lipinski definition) is 8. The quantitative estimate of drug-likeness (QED) is 0.190. The van der Waals surface area contributed by atoms with Gasteiger partial charge in [0, 0.05) is 39.2 Å². The van der Waals surface area contributed by atoms with E-state index in [9.17, 15) is 19.2 Å². The van der Waals surface area contributed by atoms with Gasteiger partial charge in [0.2, 0.25) is 23.6 Å². The summed E-state index contributed by atoms with van der Waals surface area (Å²) in [4.78, 5) is 59.1. The molecule has 1 aromatic rings. The number of nitrogens with one attached hydrogen (secondary N) is 3. The summed E-state index contributed by atoms with van der Waals surface area (Å²) in [7, 11) is 6.66. The Labute approximate surface area is 293 Å². The predicted molar refractivity (Wildman–Crippen MR) is 192 cm³/mol. The summed E-state index contributed by atoms with van der Waals surface area (Å²) in [6.45, 7) is 14.8. The van der Waals surface area contributed by atoms with Crippen molar-refractivity contribution < 1.29 is 28.7 Å². The van der Waals surface area contributed by atoms with E-state index in [1.807, 2.05) is 51.0 Å². The van der Waals surface area contributed by atoms with Gasteiger partial charge in [0.1, 0.15) is 6.04 Å². The number of carbonyl (C=O) groups is 4. The van der Waals surface area contributed by atoms with Gasteiger partial charge in [-0.2, -0.15) is 0 Å². The van der Waals surface area contributed by atoms with E-state index in [-0.39, 0.29) is 53.8 Å². The van der Waals surface area contributed by atoms with Gasteiger partial charge in [-0.05, 0) is 55.5 Å². The molecule has 2 rings (SSSR count). The van der Waals surface area contributed by atoms with Crippen LogP contribution in [-0.2, 0) is 35.1 Å². The van der Waals surface area contributed by atoms with Crippen molar-refractivity contribution in [1.29, 1.82) is 0 Å².